The lowest BCUT2D eigenvalue weighted by molar-refractivity contribution is -0.124. The van der Waals surface area contributed by atoms with Gasteiger partial charge in [-0.3, -0.25) is 15.6 Å². The Bertz CT molecular complexity index is 494. The van der Waals surface area contributed by atoms with Crippen LogP contribution in [-0.2, 0) is 4.79 Å². The first kappa shape index (κ1) is 13.5. The number of anilines is 1. The van der Waals surface area contributed by atoms with E-state index in [2.05, 4.69) is 10.9 Å². The number of nitrogens with one attached hydrogen (secondary N) is 2. The highest BCUT2D eigenvalue weighted by Gasteiger charge is 2.32. The van der Waals surface area contributed by atoms with Crippen LogP contribution < -0.4 is 16.6 Å². The lowest BCUT2D eigenvalue weighted by Crippen LogP contribution is -2.49. The second kappa shape index (κ2) is 5.79. The number of urea groups is 1. The molecule has 1 aliphatic heterocycles. The zero-order chi connectivity index (χ0) is 13.8. The Morgan fingerprint density at radius 2 is 2.11 bits per heavy atom. The van der Waals surface area contributed by atoms with Crippen molar-refractivity contribution in [3.8, 4) is 0 Å². The highest BCUT2D eigenvalue weighted by Crippen LogP contribution is 2.20. The predicted molar refractivity (Wildman–Crippen MR) is 72.5 cm³/mol. The number of para-hydroxylation sites is 1. The van der Waals surface area contributed by atoms with Gasteiger partial charge < -0.3 is 10.6 Å². The van der Waals surface area contributed by atoms with Gasteiger partial charge in [0.25, 0.3) is 5.91 Å². The van der Waals surface area contributed by atoms with Gasteiger partial charge >= 0.3 is 6.03 Å². The SMILES string of the molecule is NC(=O)N1CCCC1C(=O)NNc1ccccc1Cl. The van der Waals surface area contributed by atoms with Gasteiger partial charge in [-0.05, 0) is 25.0 Å². The topological polar surface area (TPSA) is 87.5 Å². The summed E-state index contributed by atoms with van der Waals surface area (Å²) in [6, 6.07) is 5.94. The van der Waals surface area contributed by atoms with Crippen molar-refractivity contribution < 1.29 is 9.59 Å². The smallest absolute Gasteiger partial charge is 0.315 e. The fourth-order valence-electron chi connectivity index (χ4n) is 2.08. The summed E-state index contributed by atoms with van der Waals surface area (Å²) in [7, 11) is 0. The third kappa shape index (κ3) is 3.08. The number of amides is 3. The predicted octanol–water partition coefficient (Wildman–Crippen LogP) is 1.33. The standard InChI is InChI=1S/C12H15ClN4O2/c13-8-4-1-2-5-9(8)15-16-11(18)10-6-3-7-17(10)12(14)19/h1-2,4-5,10,15H,3,6-7H2,(H2,14,19)(H,16,18). The normalized spacial score (nSPS) is 18.2. The van der Waals surface area contributed by atoms with Crippen molar-refractivity contribution in [3.63, 3.8) is 0 Å². The molecule has 1 atom stereocenters. The molecular formula is C12H15ClN4O2. The first-order valence-corrected chi connectivity index (χ1v) is 6.34. The van der Waals surface area contributed by atoms with Crippen LogP contribution in [0.3, 0.4) is 0 Å². The molecule has 1 heterocycles. The fourth-order valence-corrected chi connectivity index (χ4v) is 2.26. The molecule has 3 amide bonds. The summed E-state index contributed by atoms with van der Waals surface area (Å²) in [6.07, 6.45) is 1.38. The lowest BCUT2D eigenvalue weighted by Gasteiger charge is -2.22. The van der Waals surface area contributed by atoms with Crippen molar-refractivity contribution in [1.29, 1.82) is 0 Å². The van der Waals surface area contributed by atoms with Gasteiger partial charge in [0.05, 0.1) is 10.7 Å². The molecular weight excluding hydrogens is 268 g/mol. The Morgan fingerprint density at radius 1 is 1.37 bits per heavy atom. The Balaban J connectivity index is 1.95. The first-order valence-electron chi connectivity index (χ1n) is 5.96. The van der Waals surface area contributed by atoms with Gasteiger partial charge in [-0.2, -0.15) is 0 Å². The van der Waals surface area contributed by atoms with E-state index in [1.165, 1.54) is 4.90 Å². The van der Waals surface area contributed by atoms with Crippen LogP contribution in [0.15, 0.2) is 24.3 Å². The summed E-state index contributed by atoms with van der Waals surface area (Å²) in [6.45, 7) is 0.513. The first-order chi connectivity index (χ1) is 9.09. The maximum atomic E-state index is 12.0. The molecule has 0 bridgehead atoms. The molecule has 2 rings (SSSR count). The van der Waals surface area contributed by atoms with E-state index in [0.29, 0.717) is 23.7 Å². The van der Waals surface area contributed by atoms with Gasteiger partial charge in [-0.1, -0.05) is 23.7 Å². The number of rotatable bonds is 3. The number of nitrogens with zero attached hydrogens (tertiary/aromatic N) is 1. The van der Waals surface area contributed by atoms with Gasteiger partial charge in [0, 0.05) is 6.54 Å². The molecule has 1 fully saturated rings. The van der Waals surface area contributed by atoms with Gasteiger partial charge in [0.1, 0.15) is 6.04 Å². The van der Waals surface area contributed by atoms with Crippen LogP contribution in [0, 0.1) is 0 Å². The molecule has 1 aliphatic rings. The largest absolute Gasteiger partial charge is 0.351 e. The van der Waals surface area contributed by atoms with Crippen LogP contribution in [-0.4, -0.2) is 29.4 Å². The molecule has 19 heavy (non-hydrogen) atoms. The second-order valence-corrected chi connectivity index (χ2v) is 4.69. The van der Waals surface area contributed by atoms with Gasteiger partial charge in [-0.15, -0.1) is 0 Å². The number of benzene rings is 1. The zero-order valence-electron chi connectivity index (χ0n) is 10.2. The average molecular weight is 283 g/mol. The highest BCUT2D eigenvalue weighted by atomic mass is 35.5. The molecule has 6 nitrogen and oxygen atoms in total. The summed E-state index contributed by atoms with van der Waals surface area (Å²) in [4.78, 5) is 24.5. The number of hydrogen-bond donors (Lipinski definition) is 3. The molecule has 102 valence electrons. The van der Waals surface area contributed by atoms with Crippen LogP contribution in [0.5, 0.6) is 0 Å². The zero-order valence-corrected chi connectivity index (χ0v) is 11.0. The molecule has 0 aromatic heterocycles. The second-order valence-electron chi connectivity index (χ2n) is 4.28. The summed E-state index contributed by atoms with van der Waals surface area (Å²) < 4.78 is 0. The number of halogens is 1. The van der Waals surface area contributed by atoms with Crippen molar-refractivity contribution in [2.75, 3.05) is 12.0 Å². The molecule has 1 unspecified atom stereocenters. The van der Waals surface area contributed by atoms with Crippen LogP contribution in [0.2, 0.25) is 5.02 Å². The number of hydrazine groups is 1. The van der Waals surface area contributed by atoms with Crippen LogP contribution in [0.25, 0.3) is 0 Å². The van der Waals surface area contributed by atoms with E-state index in [9.17, 15) is 9.59 Å². The van der Waals surface area contributed by atoms with Crippen LogP contribution >= 0.6 is 11.6 Å². The maximum absolute atomic E-state index is 12.0. The van der Waals surface area contributed by atoms with Gasteiger partial charge in [0.15, 0.2) is 0 Å². The van der Waals surface area contributed by atoms with E-state index in [1.54, 1.807) is 24.3 Å². The number of primary amides is 1. The summed E-state index contributed by atoms with van der Waals surface area (Å²) in [5.74, 6) is -0.295. The molecule has 7 heteroatoms. The van der Waals surface area contributed by atoms with E-state index in [-0.39, 0.29) is 5.91 Å². The third-order valence-corrected chi connectivity index (χ3v) is 3.36. The summed E-state index contributed by atoms with van der Waals surface area (Å²) >= 11 is 5.95. The van der Waals surface area contributed by atoms with Crippen molar-refractivity contribution >= 4 is 29.2 Å². The number of nitrogens with two attached hydrogens (primary N) is 1. The Hall–Kier alpha value is -1.95. The van der Waals surface area contributed by atoms with E-state index in [0.717, 1.165) is 6.42 Å². The van der Waals surface area contributed by atoms with Crippen LogP contribution in [0.1, 0.15) is 12.8 Å². The Labute approximate surface area is 115 Å². The summed E-state index contributed by atoms with van der Waals surface area (Å²) in [5.41, 5.74) is 11.1. The van der Waals surface area contributed by atoms with E-state index < -0.39 is 12.1 Å². The molecule has 1 aromatic carbocycles. The monoisotopic (exact) mass is 282 g/mol. The molecule has 0 radical (unpaired) electrons. The minimum atomic E-state index is -0.574. The minimum Gasteiger partial charge on any atom is -0.351 e. The Morgan fingerprint density at radius 3 is 2.79 bits per heavy atom. The number of likely N-dealkylation sites (tertiary alicyclic amines) is 1. The third-order valence-electron chi connectivity index (χ3n) is 3.03. The highest BCUT2D eigenvalue weighted by molar-refractivity contribution is 6.33. The maximum Gasteiger partial charge on any atom is 0.315 e. The van der Waals surface area contributed by atoms with Crippen molar-refractivity contribution in [2.24, 2.45) is 5.73 Å². The molecule has 0 spiro atoms. The molecule has 1 aromatic rings. The summed E-state index contributed by atoms with van der Waals surface area (Å²) in [5, 5.41) is 0.501. The van der Waals surface area contributed by atoms with Crippen molar-refractivity contribution in [2.45, 2.75) is 18.9 Å². The molecule has 0 aliphatic carbocycles. The average Bonchev–Trinajstić information content (AvgIpc) is 2.87. The van der Waals surface area contributed by atoms with Crippen molar-refractivity contribution in [3.05, 3.63) is 29.3 Å². The number of hydrogen-bond acceptors (Lipinski definition) is 3. The van der Waals surface area contributed by atoms with Crippen LogP contribution in [0.4, 0.5) is 10.5 Å². The molecule has 1 saturated heterocycles. The molecule has 4 N–H and O–H groups in total. The lowest BCUT2D eigenvalue weighted by atomic mass is 10.2. The molecule has 0 saturated carbocycles. The van der Waals surface area contributed by atoms with Gasteiger partial charge in [0.2, 0.25) is 0 Å². The quantitative estimate of drug-likeness (QED) is 0.731. The Kier molecular flexibility index (Phi) is 4.11. The number of carbonyl (C=O) groups is 2. The fraction of sp³-hybridized carbons (Fsp3) is 0.333. The minimum absolute atomic E-state index is 0.295. The number of carbonyl (C=O) groups excluding carboxylic acids is 2. The van der Waals surface area contributed by atoms with E-state index in [4.69, 9.17) is 17.3 Å². The van der Waals surface area contributed by atoms with Gasteiger partial charge in [-0.25, -0.2) is 4.79 Å². The van der Waals surface area contributed by atoms with E-state index in [1.807, 2.05) is 0 Å². The van der Waals surface area contributed by atoms with Crippen molar-refractivity contribution in [1.82, 2.24) is 10.3 Å². The van der Waals surface area contributed by atoms with E-state index >= 15 is 0 Å².